The maximum atomic E-state index is 12.5. The summed E-state index contributed by atoms with van der Waals surface area (Å²) in [5, 5.41) is 8.21. The SMILES string of the molecule is CC(=O)Nc1ccc(NC(=O)c2ccnc(C(=O)Nc3ccccc3C)c2)cc1. The smallest absolute Gasteiger partial charge is 0.274 e. The van der Waals surface area contributed by atoms with Gasteiger partial charge in [-0.2, -0.15) is 0 Å². The van der Waals surface area contributed by atoms with E-state index in [0.29, 0.717) is 22.6 Å². The van der Waals surface area contributed by atoms with Gasteiger partial charge in [-0.1, -0.05) is 18.2 Å². The number of hydrogen-bond acceptors (Lipinski definition) is 4. The van der Waals surface area contributed by atoms with Gasteiger partial charge in [0.1, 0.15) is 5.69 Å². The van der Waals surface area contributed by atoms with Crippen molar-refractivity contribution in [1.82, 2.24) is 4.98 Å². The molecule has 1 heterocycles. The highest BCUT2D eigenvalue weighted by Crippen LogP contribution is 2.16. The molecule has 0 radical (unpaired) electrons. The molecule has 3 amide bonds. The summed E-state index contributed by atoms with van der Waals surface area (Å²) in [5.41, 5.74) is 3.26. The summed E-state index contributed by atoms with van der Waals surface area (Å²) >= 11 is 0. The van der Waals surface area contributed by atoms with Gasteiger partial charge in [0.25, 0.3) is 11.8 Å². The molecule has 29 heavy (non-hydrogen) atoms. The van der Waals surface area contributed by atoms with E-state index in [9.17, 15) is 14.4 Å². The van der Waals surface area contributed by atoms with Crippen LogP contribution < -0.4 is 16.0 Å². The lowest BCUT2D eigenvalue weighted by Crippen LogP contribution is -2.17. The number of nitrogens with one attached hydrogen (secondary N) is 3. The molecule has 3 aromatic rings. The maximum absolute atomic E-state index is 12.5. The number of carbonyl (C=O) groups is 3. The number of anilines is 3. The van der Waals surface area contributed by atoms with Gasteiger partial charge >= 0.3 is 0 Å². The van der Waals surface area contributed by atoms with Crippen LogP contribution in [-0.2, 0) is 4.79 Å². The fraction of sp³-hybridized carbons (Fsp3) is 0.0909. The molecule has 0 saturated heterocycles. The molecule has 146 valence electrons. The third kappa shape index (κ3) is 5.26. The van der Waals surface area contributed by atoms with Crippen molar-refractivity contribution in [2.45, 2.75) is 13.8 Å². The molecule has 0 aliphatic heterocycles. The van der Waals surface area contributed by atoms with Crippen LogP contribution in [0.5, 0.6) is 0 Å². The minimum Gasteiger partial charge on any atom is -0.326 e. The van der Waals surface area contributed by atoms with E-state index in [4.69, 9.17) is 0 Å². The van der Waals surface area contributed by atoms with Crippen LogP contribution in [0.2, 0.25) is 0 Å². The normalized spacial score (nSPS) is 10.1. The Hall–Kier alpha value is -4.00. The minimum atomic E-state index is -0.395. The van der Waals surface area contributed by atoms with Crippen molar-refractivity contribution < 1.29 is 14.4 Å². The third-order valence-electron chi connectivity index (χ3n) is 4.11. The Morgan fingerprint density at radius 3 is 2.10 bits per heavy atom. The molecule has 0 unspecified atom stereocenters. The number of hydrogen-bond donors (Lipinski definition) is 3. The lowest BCUT2D eigenvalue weighted by atomic mass is 10.1. The van der Waals surface area contributed by atoms with Gasteiger partial charge in [-0.15, -0.1) is 0 Å². The number of carbonyl (C=O) groups excluding carboxylic acids is 3. The number of rotatable bonds is 5. The van der Waals surface area contributed by atoms with Crippen LogP contribution in [0, 0.1) is 6.92 Å². The predicted molar refractivity (Wildman–Crippen MR) is 112 cm³/mol. The van der Waals surface area contributed by atoms with E-state index in [-0.39, 0.29) is 17.5 Å². The molecule has 0 saturated carbocycles. The van der Waals surface area contributed by atoms with Crippen LogP contribution in [0.4, 0.5) is 17.1 Å². The molecule has 3 rings (SSSR count). The molecule has 0 bridgehead atoms. The van der Waals surface area contributed by atoms with Crippen molar-refractivity contribution in [3.05, 3.63) is 83.7 Å². The van der Waals surface area contributed by atoms with E-state index in [1.165, 1.54) is 25.3 Å². The quantitative estimate of drug-likeness (QED) is 0.618. The Balaban J connectivity index is 1.70. The second kappa shape index (κ2) is 8.79. The Morgan fingerprint density at radius 1 is 0.793 bits per heavy atom. The van der Waals surface area contributed by atoms with E-state index in [1.54, 1.807) is 30.3 Å². The van der Waals surface area contributed by atoms with Crippen LogP contribution in [0.25, 0.3) is 0 Å². The molecule has 7 heteroatoms. The largest absolute Gasteiger partial charge is 0.326 e. The average molecular weight is 388 g/mol. The van der Waals surface area contributed by atoms with Crippen molar-refractivity contribution >= 4 is 34.8 Å². The van der Waals surface area contributed by atoms with Crippen molar-refractivity contribution in [3.63, 3.8) is 0 Å². The van der Waals surface area contributed by atoms with Gasteiger partial charge in [0, 0.05) is 35.7 Å². The molecular weight excluding hydrogens is 368 g/mol. The van der Waals surface area contributed by atoms with Gasteiger partial charge in [-0.05, 0) is 55.0 Å². The summed E-state index contributed by atoms with van der Waals surface area (Å²) in [6, 6.07) is 17.1. The fourth-order valence-corrected chi connectivity index (χ4v) is 2.64. The van der Waals surface area contributed by atoms with Gasteiger partial charge in [0.05, 0.1) is 0 Å². The Morgan fingerprint density at radius 2 is 1.45 bits per heavy atom. The first-order valence-electron chi connectivity index (χ1n) is 8.94. The van der Waals surface area contributed by atoms with Crippen LogP contribution in [0.15, 0.2) is 66.9 Å². The van der Waals surface area contributed by atoms with Crippen molar-refractivity contribution in [2.24, 2.45) is 0 Å². The first-order chi connectivity index (χ1) is 13.9. The average Bonchev–Trinajstić information content (AvgIpc) is 2.71. The predicted octanol–water partition coefficient (Wildman–Crippen LogP) is 3.85. The van der Waals surface area contributed by atoms with Crippen molar-refractivity contribution in [3.8, 4) is 0 Å². The van der Waals surface area contributed by atoms with Crippen LogP contribution in [-0.4, -0.2) is 22.7 Å². The van der Waals surface area contributed by atoms with Crippen LogP contribution in [0.1, 0.15) is 33.3 Å². The van der Waals surface area contributed by atoms with E-state index >= 15 is 0 Å². The molecule has 0 aliphatic carbocycles. The fourth-order valence-electron chi connectivity index (χ4n) is 2.64. The van der Waals surface area contributed by atoms with Gasteiger partial charge in [-0.25, -0.2) is 0 Å². The zero-order chi connectivity index (χ0) is 20.8. The monoisotopic (exact) mass is 388 g/mol. The second-order valence-corrected chi connectivity index (χ2v) is 6.41. The summed E-state index contributed by atoms with van der Waals surface area (Å²) in [6.07, 6.45) is 1.42. The van der Waals surface area contributed by atoms with Crippen LogP contribution in [0.3, 0.4) is 0 Å². The number of aromatic nitrogens is 1. The highest BCUT2D eigenvalue weighted by molar-refractivity contribution is 6.08. The van der Waals surface area contributed by atoms with Gasteiger partial charge < -0.3 is 16.0 Å². The zero-order valence-corrected chi connectivity index (χ0v) is 16.0. The zero-order valence-electron chi connectivity index (χ0n) is 16.0. The number of nitrogens with zero attached hydrogens (tertiary/aromatic N) is 1. The summed E-state index contributed by atoms with van der Waals surface area (Å²) < 4.78 is 0. The Bertz CT molecular complexity index is 1060. The molecule has 2 aromatic carbocycles. The second-order valence-electron chi connectivity index (χ2n) is 6.41. The number of aryl methyl sites for hydroxylation is 1. The summed E-state index contributed by atoms with van der Waals surface area (Å²) in [4.78, 5) is 40.1. The lowest BCUT2D eigenvalue weighted by molar-refractivity contribution is -0.114. The van der Waals surface area contributed by atoms with Crippen molar-refractivity contribution in [1.29, 1.82) is 0 Å². The van der Waals surface area contributed by atoms with Crippen LogP contribution >= 0.6 is 0 Å². The summed E-state index contributed by atoms with van der Waals surface area (Å²) in [6.45, 7) is 3.32. The minimum absolute atomic E-state index is 0.141. The number of para-hydroxylation sites is 1. The van der Waals surface area contributed by atoms with E-state index in [1.807, 2.05) is 25.1 Å². The number of benzene rings is 2. The van der Waals surface area contributed by atoms with E-state index < -0.39 is 5.91 Å². The third-order valence-corrected chi connectivity index (χ3v) is 4.11. The molecule has 0 aliphatic rings. The Kier molecular flexibility index (Phi) is 5.99. The van der Waals surface area contributed by atoms with E-state index in [2.05, 4.69) is 20.9 Å². The highest BCUT2D eigenvalue weighted by atomic mass is 16.2. The summed E-state index contributed by atoms with van der Waals surface area (Å²) in [5.74, 6) is -0.937. The van der Waals surface area contributed by atoms with Gasteiger partial charge in [0.15, 0.2) is 0 Å². The first-order valence-corrected chi connectivity index (χ1v) is 8.94. The highest BCUT2D eigenvalue weighted by Gasteiger charge is 2.13. The topological polar surface area (TPSA) is 100 Å². The molecule has 1 aromatic heterocycles. The maximum Gasteiger partial charge on any atom is 0.274 e. The van der Waals surface area contributed by atoms with Gasteiger partial charge in [-0.3, -0.25) is 19.4 Å². The Labute approximate surface area is 168 Å². The molecule has 0 atom stereocenters. The number of amides is 3. The lowest BCUT2D eigenvalue weighted by Gasteiger charge is -2.09. The molecule has 7 nitrogen and oxygen atoms in total. The number of pyridine rings is 1. The first kappa shape index (κ1) is 19.8. The standard InChI is InChI=1S/C22H20N4O3/c1-14-5-3-4-6-19(14)26-22(29)20-13-16(11-12-23-20)21(28)25-18-9-7-17(8-10-18)24-15(2)27/h3-13H,1-2H3,(H,24,27)(H,25,28)(H,26,29). The molecule has 0 spiro atoms. The molecule has 3 N–H and O–H groups in total. The summed E-state index contributed by atoms with van der Waals surface area (Å²) in [7, 11) is 0. The molecule has 0 fully saturated rings. The van der Waals surface area contributed by atoms with E-state index in [0.717, 1.165) is 5.56 Å². The van der Waals surface area contributed by atoms with Gasteiger partial charge in [0.2, 0.25) is 5.91 Å². The molecular formula is C22H20N4O3. The van der Waals surface area contributed by atoms with Crippen molar-refractivity contribution in [2.75, 3.05) is 16.0 Å².